The van der Waals surface area contributed by atoms with Gasteiger partial charge in [-0.05, 0) is 60.7 Å². The molecule has 0 fully saturated rings. The molecule has 8 nitrogen and oxygen atoms in total. The number of hydrogen-bond donors (Lipinski definition) is 1. The van der Waals surface area contributed by atoms with E-state index in [1.54, 1.807) is 18.2 Å². The third kappa shape index (κ3) is 5.43. The Balaban J connectivity index is 1.56. The molecule has 3 aromatic rings. The number of hydrogen-bond acceptors (Lipinski definition) is 6. The standard InChI is InChI=1S/C23H19F3N2O6S/c1-32-16-10-12-18(13-11-16)35(30,31)28-14-21(33-20-5-3-2-4-19(20)28)22(29)27-15-6-8-17(9-7-15)34-23(24,25)26/h2-13,21H,14H2,1H3,(H,27,29)/t21-/m1/s1. The number of ether oxygens (including phenoxy) is 3. The SMILES string of the molecule is COc1ccc(S(=O)(=O)N2C[C@H](C(=O)Nc3ccc(OC(F)(F)F)cc3)Oc3ccccc32)cc1. The second kappa shape index (κ2) is 9.37. The van der Waals surface area contributed by atoms with Crippen molar-refractivity contribution in [2.45, 2.75) is 17.4 Å². The Labute approximate surface area is 198 Å². The van der Waals surface area contributed by atoms with E-state index in [0.717, 1.165) is 16.4 Å². The van der Waals surface area contributed by atoms with Gasteiger partial charge in [-0.2, -0.15) is 0 Å². The summed E-state index contributed by atoms with van der Waals surface area (Å²) in [5, 5.41) is 2.52. The van der Waals surface area contributed by atoms with E-state index in [1.807, 2.05) is 0 Å². The number of fused-ring (bicyclic) bond motifs is 1. The second-order valence-electron chi connectivity index (χ2n) is 7.35. The molecule has 1 amide bonds. The van der Waals surface area contributed by atoms with Gasteiger partial charge in [0.25, 0.3) is 15.9 Å². The first kappa shape index (κ1) is 24.2. The van der Waals surface area contributed by atoms with Crippen LogP contribution in [-0.2, 0) is 14.8 Å². The predicted molar refractivity (Wildman–Crippen MR) is 120 cm³/mol. The highest BCUT2D eigenvalue weighted by Gasteiger charge is 2.37. The van der Waals surface area contributed by atoms with Gasteiger partial charge < -0.3 is 19.5 Å². The summed E-state index contributed by atoms with van der Waals surface area (Å²) in [6.07, 6.45) is -6.07. The van der Waals surface area contributed by atoms with Gasteiger partial charge >= 0.3 is 6.36 Å². The van der Waals surface area contributed by atoms with Gasteiger partial charge in [0.2, 0.25) is 0 Å². The maximum atomic E-state index is 13.4. The molecule has 0 bridgehead atoms. The van der Waals surface area contributed by atoms with E-state index in [9.17, 15) is 26.4 Å². The van der Waals surface area contributed by atoms with E-state index in [2.05, 4.69) is 10.1 Å². The molecule has 1 N–H and O–H groups in total. The van der Waals surface area contributed by atoms with E-state index in [-0.39, 0.29) is 28.6 Å². The molecule has 0 aromatic heterocycles. The summed E-state index contributed by atoms with van der Waals surface area (Å²) >= 11 is 0. The largest absolute Gasteiger partial charge is 0.573 e. The molecule has 0 radical (unpaired) electrons. The first-order chi connectivity index (χ1) is 16.6. The monoisotopic (exact) mass is 508 g/mol. The molecular weight excluding hydrogens is 489 g/mol. The summed E-state index contributed by atoms with van der Waals surface area (Å²) < 4.78 is 79.6. The van der Waals surface area contributed by atoms with Crippen molar-refractivity contribution >= 4 is 27.3 Å². The lowest BCUT2D eigenvalue weighted by atomic mass is 10.2. The van der Waals surface area contributed by atoms with Crippen molar-refractivity contribution < 1.29 is 40.6 Å². The molecule has 1 heterocycles. The van der Waals surface area contributed by atoms with Crippen LogP contribution in [0.25, 0.3) is 0 Å². The lowest BCUT2D eigenvalue weighted by Gasteiger charge is -2.34. The number of nitrogens with zero attached hydrogens (tertiary/aromatic N) is 1. The minimum absolute atomic E-state index is 0.00517. The number of alkyl halides is 3. The van der Waals surface area contributed by atoms with Crippen molar-refractivity contribution in [1.29, 1.82) is 0 Å². The number of carbonyl (C=O) groups excluding carboxylic acids is 1. The van der Waals surface area contributed by atoms with Crippen molar-refractivity contribution in [2.75, 3.05) is 23.3 Å². The second-order valence-corrected chi connectivity index (χ2v) is 9.21. The number of anilines is 2. The molecule has 184 valence electrons. The van der Waals surface area contributed by atoms with Crippen LogP contribution in [-0.4, -0.2) is 40.4 Å². The highest BCUT2D eigenvalue weighted by molar-refractivity contribution is 7.92. The van der Waals surface area contributed by atoms with E-state index in [1.165, 1.54) is 49.6 Å². The summed E-state index contributed by atoms with van der Waals surface area (Å²) in [5.41, 5.74) is 0.442. The summed E-state index contributed by atoms with van der Waals surface area (Å²) in [7, 11) is -2.61. The van der Waals surface area contributed by atoms with Gasteiger partial charge in [-0.1, -0.05) is 12.1 Å². The van der Waals surface area contributed by atoms with Crippen LogP contribution >= 0.6 is 0 Å². The van der Waals surface area contributed by atoms with Gasteiger partial charge in [0.1, 0.15) is 17.2 Å². The molecule has 0 saturated carbocycles. The minimum Gasteiger partial charge on any atom is -0.497 e. The van der Waals surface area contributed by atoms with Crippen molar-refractivity contribution in [3.05, 3.63) is 72.8 Å². The Hall–Kier alpha value is -3.93. The molecule has 1 aliphatic heterocycles. The van der Waals surface area contributed by atoms with Crippen LogP contribution in [0.15, 0.2) is 77.7 Å². The summed E-state index contributed by atoms with van der Waals surface area (Å²) in [6.45, 7) is -0.327. The van der Waals surface area contributed by atoms with Crippen LogP contribution in [0.5, 0.6) is 17.2 Å². The molecule has 35 heavy (non-hydrogen) atoms. The lowest BCUT2D eigenvalue weighted by molar-refractivity contribution is -0.274. The zero-order chi connectivity index (χ0) is 25.2. The number of halogens is 3. The maximum absolute atomic E-state index is 13.4. The molecule has 0 saturated heterocycles. The van der Waals surface area contributed by atoms with Crippen LogP contribution in [0.1, 0.15) is 0 Å². The van der Waals surface area contributed by atoms with E-state index >= 15 is 0 Å². The quantitative estimate of drug-likeness (QED) is 0.537. The Morgan fingerprint density at radius 3 is 2.26 bits per heavy atom. The molecule has 12 heteroatoms. The van der Waals surface area contributed by atoms with Gasteiger partial charge in [-0.15, -0.1) is 13.2 Å². The Morgan fingerprint density at radius 1 is 1.00 bits per heavy atom. The van der Waals surface area contributed by atoms with Crippen LogP contribution in [0, 0.1) is 0 Å². The number of carbonyl (C=O) groups is 1. The fraction of sp³-hybridized carbons (Fsp3) is 0.174. The van der Waals surface area contributed by atoms with Gasteiger partial charge in [-0.25, -0.2) is 8.42 Å². The van der Waals surface area contributed by atoms with Crippen LogP contribution in [0.3, 0.4) is 0 Å². The van der Waals surface area contributed by atoms with Crippen LogP contribution in [0.2, 0.25) is 0 Å². The van der Waals surface area contributed by atoms with Crippen molar-refractivity contribution in [1.82, 2.24) is 0 Å². The third-order valence-electron chi connectivity index (χ3n) is 5.03. The Bertz CT molecular complexity index is 1310. The molecule has 0 unspecified atom stereocenters. The highest BCUT2D eigenvalue weighted by atomic mass is 32.2. The van der Waals surface area contributed by atoms with Crippen molar-refractivity contribution in [2.24, 2.45) is 0 Å². The molecular formula is C23H19F3N2O6S. The molecule has 4 rings (SSSR count). The number of amides is 1. The van der Waals surface area contributed by atoms with E-state index < -0.39 is 34.1 Å². The average Bonchev–Trinajstić information content (AvgIpc) is 2.83. The van der Waals surface area contributed by atoms with Gasteiger partial charge in [0, 0.05) is 5.69 Å². The smallest absolute Gasteiger partial charge is 0.497 e. The van der Waals surface area contributed by atoms with Gasteiger partial charge in [0.05, 0.1) is 24.2 Å². The fourth-order valence-electron chi connectivity index (χ4n) is 3.40. The zero-order valence-corrected chi connectivity index (χ0v) is 19.0. The highest BCUT2D eigenvalue weighted by Crippen LogP contribution is 2.37. The lowest BCUT2D eigenvalue weighted by Crippen LogP contribution is -2.48. The van der Waals surface area contributed by atoms with Crippen LogP contribution in [0.4, 0.5) is 24.5 Å². The number of sulfonamides is 1. The number of benzene rings is 3. The zero-order valence-electron chi connectivity index (χ0n) is 18.2. The number of para-hydroxylation sites is 2. The number of methoxy groups -OCH3 is 1. The average molecular weight is 508 g/mol. The van der Waals surface area contributed by atoms with Crippen molar-refractivity contribution in [3.63, 3.8) is 0 Å². The first-order valence-corrected chi connectivity index (χ1v) is 11.6. The number of rotatable bonds is 6. The fourth-order valence-corrected chi connectivity index (χ4v) is 4.88. The number of nitrogens with one attached hydrogen (secondary N) is 1. The van der Waals surface area contributed by atoms with Gasteiger partial charge in [-0.3, -0.25) is 9.10 Å². The molecule has 1 aliphatic rings. The van der Waals surface area contributed by atoms with Gasteiger partial charge in [0.15, 0.2) is 6.10 Å². The molecule has 0 aliphatic carbocycles. The topological polar surface area (TPSA) is 94.2 Å². The summed E-state index contributed by atoms with van der Waals surface area (Å²) in [4.78, 5) is 12.9. The summed E-state index contributed by atoms with van der Waals surface area (Å²) in [5.74, 6) is -0.464. The Kier molecular flexibility index (Phi) is 6.48. The van der Waals surface area contributed by atoms with E-state index in [4.69, 9.17) is 9.47 Å². The first-order valence-electron chi connectivity index (χ1n) is 10.2. The predicted octanol–water partition coefficient (Wildman–Crippen LogP) is 4.19. The van der Waals surface area contributed by atoms with Crippen molar-refractivity contribution in [3.8, 4) is 17.2 Å². The summed E-state index contributed by atoms with van der Waals surface area (Å²) in [6, 6.07) is 16.7. The third-order valence-corrected chi connectivity index (χ3v) is 6.82. The Morgan fingerprint density at radius 2 is 1.63 bits per heavy atom. The normalized spacial score (nSPS) is 15.5. The maximum Gasteiger partial charge on any atom is 0.573 e. The minimum atomic E-state index is -4.84. The molecule has 3 aromatic carbocycles. The molecule has 0 spiro atoms. The van der Waals surface area contributed by atoms with E-state index in [0.29, 0.717) is 5.75 Å². The van der Waals surface area contributed by atoms with Crippen LogP contribution < -0.4 is 23.8 Å². The molecule has 1 atom stereocenters.